The summed E-state index contributed by atoms with van der Waals surface area (Å²) in [5.74, 6) is -0.303. The Hall–Kier alpha value is -1.35. The number of benzene rings is 1. The monoisotopic (exact) mass is 234 g/mol. The van der Waals surface area contributed by atoms with E-state index < -0.39 is 0 Å². The van der Waals surface area contributed by atoms with Gasteiger partial charge in [-0.2, -0.15) is 0 Å². The molecule has 0 fully saturated rings. The third-order valence-electron chi connectivity index (χ3n) is 2.93. The second-order valence-electron chi connectivity index (χ2n) is 4.40. The maximum absolute atomic E-state index is 11.1. The Bertz CT molecular complexity index is 337. The second kappa shape index (κ2) is 7.07. The summed E-state index contributed by atoms with van der Waals surface area (Å²) in [6, 6.07) is 10.1. The predicted molar refractivity (Wildman–Crippen MR) is 70.5 cm³/mol. The molecule has 0 radical (unpaired) electrons. The Labute approximate surface area is 103 Å². The van der Waals surface area contributed by atoms with Crippen molar-refractivity contribution in [3.63, 3.8) is 0 Å². The highest BCUT2D eigenvalue weighted by Gasteiger charge is 2.16. The lowest BCUT2D eigenvalue weighted by atomic mass is 10.0. The number of rotatable bonds is 7. The summed E-state index contributed by atoms with van der Waals surface area (Å²) >= 11 is 0. The lowest BCUT2D eigenvalue weighted by Crippen LogP contribution is -2.40. The van der Waals surface area contributed by atoms with Gasteiger partial charge in [-0.15, -0.1) is 0 Å². The number of hydrogen-bond acceptors (Lipinski definition) is 2. The van der Waals surface area contributed by atoms with Gasteiger partial charge in [0.15, 0.2) is 0 Å². The van der Waals surface area contributed by atoms with Gasteiger partial charge in [-0.05, 0) is 18.9 Å². The summed E-state index contributed by atoms with van der Waals surface area (Å²) in [6.45, 7) is 3.98. The van der Waals surface area contributed by atoms with E-state index in [1.54, 1.807) is 0 Å². The van der Waals surface area contributed by atoms with Crippen LogP contribution in [0.2, 0.25) is 0 Å². The topological polar surface area (TPSA) is 55.1 Å². The molecule has 17 heavy (non-hydrogen) atoms. The molecule has 0 bridgehead atoms. The number of nitrogens with two attached hydrogens (primary N) is 1. The van der Waals surface area contributed by atoms with E-state index in [1.165, 1.54) is 5.56 Å². The molecule has 3 heteroatoms. The van der Waals surface area contributed by atoms with E-state index in [-0.39, 0.29) is 18.0 Å². The van der Waals surface area contributed by atoms with E-state index in [9.17, 15) is 4.79 Å². The highest BCUT2D eigenvalue weighted by atomic mass is 16.1. The summed E-state index contributed by atoms with van der Waals surface area (Å²) < 4.78 is 0. The van der Waals surface area contributed by atoms with Crippen LogP contribution in [0.3, 0.4) is 0 Å². The average Bonchev–Trinajstić information content (AvgIpc) is 2.35. The first-order valence-corrected chi connectivity index (χ1v) is 6.25. The van der Waals surface area contributed by atoms with Crippen molar-refractivity contribution in [1.82, 2.24) is 5.32 Å². The van der Waals surface area contributed by atoms with Crippen LogP contribution in [0.1, 0.15) is 44.7 Å². The smallest absolute Gasteiger partial charge is 0.234 e. The van der Waals surface area contributed by atoms with Crippen LogP contribution in [0.25, 0.3) is 0 Å². The molecule has 0 saturated carbocycles. The van der Waals surface area contributed by atoms with Crippen LogP contribution < -0.4 is 11.1 Å². The number of carbonyl (C=O) groups excluding carboxylic acids is 1. The minimum Gasteiger partial charge on any atom is -0.368 e. The van der Waals surface area contributed by atoms with Gasteiger partial charge < -0.3 is 5.73 Å². The van der Waals surface area contributed by atoms with Crippen LogP contribution in [0.15, 0.2) is 30.3 Å². The Morgan fingerprint density at radius 3 is 2.53 bits per heavy atom. The third-order valence-corrected chi connectivity index (χ3v) is 2.93. The Balaban J connectivity index is 2.70. The van der Waals surface area contributed by atoms with Crippen LogP contribution in [-0.4, -0.2) is 11.9 Å². The number of carbonyl (C=O) groups is 1. The normalized spacial score (nSPS) is 14.2. The second-order valence-corrected chi connectivity index (χ2v) is 4.40. The van der Waals surface area contributed by atoms with Gasteiger partial charge in [0, 0.05) is 6.04 Å². The number of hydrogen-bond donors (Lipinski definition) is 2. The lowest BCUT2D eigenvalue weighted by Gasteiger charge is -2.22. The molecule has 1 amide bonds. The van der Waals surface area contributed by atoms with Crippen LogP contribution >= 0.6 is 0 Å². The molecule has 0 saturated heterocycles. The molecule has 1 aromatic carbocycles. The zero-order chi connectivity index (χ0) is 12.7. The summed E-state index contributed by atoms with van der Waals surface area (Å²) in [7, 11) is 0. The maximum Gasteiger partial charge on any atom is 0.234 e. The molecule has 94 valence electrons. The van der Waals surface area contributed by atoms with Gasteiger partial charge in [0.2, 0.25) is 5.91 Å². The number of amides is 1. The molecule has 3 N–H and O–H groups in total. The van der Waals surface area contributed by atoms with Gasteiger partial charge in [-0.25, -0.2) is 0 Å². The Morgan fingerprint density at radius 1 is 1.35 bits per heavy atom. The van der Waals surface area contributed by atoms with E-state index in [0.29, 0.717) is 0 Å². The van der Waals surface area contributed by atoms with Crippen molar-refractivity contribution in [2.45, 2.75) is 45.2 Å². The molecular weight excluding hydrogens is 212 g/mol. The lowest BCUT2D eigenvalue weighted by molar-refractivity contribution is -0.119. The van der Waals surface area contributed by atoms with Crippen molar-refractivity contribution < 1.29 is 4.79 Å². The Kier molecular flexibility index (Phi) is 5.70. The number of nitrogens with one attached hydrogen (secondary N) is 1. The van der Waals surface area contributed by atoms with Gasteiger partial charge in [-0.3, -0.25) is 10.1 Å². The minimum atomic E-state index is -0.303. The number of primary amides is 1. The minimum absolute atomic E-state index is 0.207. The van der Waals surface area contributed by atoms with E-state index >= 15 is 0 Å². The van der Waals surface area contributed by atoms with E-state index in [1.807, 2.05) is 25.1 Å². The van der Waals surface area contributed by atoms with Crippen molar-refractivity contribution in [3.8, 4) is 0 Å². The molecule has 0 spiro atoms. The number of unbranched alkanes of at least 4 members (excludes halogenated alkanes) is 1. The fourth-order valence-electron chi connectivity index (χ4n) is 1.82. The molecular formula is C14H22N2O. The summed E-state index contributed by atoms with van der Waals surface area (Å²) in [6.07, 6.45) is 3.31. The Morgan fingerprint density at radius 2 is 2.00 bits per heavy atom. The van der Waals surface area contributed by atoms with Gasteiger partial charge in [0.1, 0.15) is 0 Å². The molecule has 2 atom stereocenters. The standard InChI is InChI=1S/C14H22N2O/c1-3-4-10-13(16-11(2)14(15)17)12-8-6-5-7-9-12/h5-9,11,13,16H,3-4,10H2,1-2H3,(H2,15,17). The van der Waals surface area contributed by atoms with E-state index in [0.717, 1.165) is 19.3 Å². The van der Waals surface area contributed by atoms with Crippen LogP contribution in [0.4, 0.5) is 0 Å². The average molecular weight is 234 g/mol. The summed E-state index contributed by atoms with van der Waals surface area (Å²) in [5, 5.41) is 3.29. The zero-order valence-corrected chi connectivity index (χ0v) is 10.6. The van der Waals surface area contributed by atoms with Gasteiger partial charge in [0.25, 0.3) is 0 Å². The third kappa shape index (κ3) is 4.57. The van der Waals surface area contributed by atoms with Gasteiger partial charge in [0.05, 0.1) is 6.04 Å². The maximum atomic E-state index is 11.1. The largest absolute Gasteiger partial charge is 0.368 e. The first-order chi connectivity index (χ1) is 8.15. The molecule has 2 unspecified atom stereocenters. The quantitative estimate of drug-likeness (QED) is 0.761. The van der Waals surface area contributed by atoms with E-state index in [2.05, 4.69) is 24.4 Å². The molecule has 1 rings (SSSR count). The van der Waals surface area contributed by atoms with Crippen LogP contribution in [0, 0.1) is 0 Å². The van der Waals surface area contributed by atoms with Crippen molar-refractivity contribution in [1.29, 1.82) is 0 Å². The SMILES string of the molecule is CCCCC(NC(C)C(N)=O)c1ccccc1. The summed E-state index contributed by atoms with van der Waals surface area (Å²) in [5.41, 5.74) is 6.51. The zero-order valence-electron chi connectivity index (χ0n) is 10.6. The van der Waals surface area contributed by atoms with Gasteiger partial charge in [-0.1, -0.05) is 50.1 Å². The molecule has 0 heterocycles. The highest BCUT2D eigenvalue weighted by Crippen LogP contribution is 2.19. The molecule has 0 aliphatic carbocycles. The molecule has 0 aliphatic heterocycles. The fraction of sp³-hybridized carbons (Fsp3) is 0.500. The molecule has 0 aliphatic rings. The summed E-state index contributed by atoms with van der Waals surface area (Å²) in [4.78, 5) is 11.1. The van der Waals surface area contributed by atoms with Crippen molar-refractivity contribution in [2.24, 2.45) is 5.73 Å². The first kappa shape index (κ1) is 13.7. The molecule has 0 aromatic heterocycles. The van der Waals surface area contributed by atoms with E-state index in [4.69, 9.17) is 5.73 Å². The first-order valence-electron chi connectivity index (χ1n) is 6.25. The van der Waals surface area contributed by atoms with Crippen molar-refractivity contribution in [3.05, 3.63) is 35.9 Å². The predicted octanol–water partition coefficient (Wildman–Crippen LogP) is 2.38. The fourth-order valence-corrected chi connectivity index (χ4v) is 1.82. The van der Waals surface area contributed by atoms with Crippen LogP contribution in [-0.2, 0) is 4.79 Å². The van der Waals surface area contributed by atoms with Gasteiger partial charge >= 0.3 is 0 Å². The van der Waals surface area contributed by atoms with Crippen LogP contribution in [0.5, 0.6) is 0 Å². The molecule has 1 aromatic rings. The molecule has 3 nitrogen and oxygen atoms in total. The van der Waals surface area contributed by atoms with Crippen molar-refractivity contribution in [2.75, 3.05) is 0 Å². The van der Waals surface area contributed by atoms with Crippen molar-refractivity contribution >= 4 is 5.91 Å². The highest BCUT2D eigenvalue weighted by molar-refractivity contribution is 5.79.